The van der Waals surface area contributed by atoms with Gasteiger partial charge in [0, 0.05) is 12.7 Å². The van der Waals surface area contributed by atoms with Gasteiger partial charge in [-0.1, -0.05) is 6.07 Å². The Bertz CT molecular complexity index is 535. The summed E-state index contributed by atoms with van der Waals surface area (Å²) in [5, 5.41) is 13.6. The molecular weight excluding hydrogens is 234 g/mol. The zero-order chi connectivity index (χ0) is 13.0. The van der Waals surface area contributed by atoms with Crippen molar-refractivity contribution in [3.63, 3.8) is 0 Å². The average molecular weight is 247 g/mol. The van der Waals surface area contributed by atoms with E-state index < -0.39 is 4.92 Å². The third-order valence-corrected chi connectivity index (χ3v) is 2.35. The van der Waals surface area contributed by atoms with Gasteiger partial charge in [0.1, 0.15) is 12.0 Å². The highest BCUT2D eigenvalue weighted by atomic mass is 16.6. The SMILES string of the molecule is CCNc1ccc(Cn2cnc([N+](=O)[O-])c2)cn1. The van der Waals surface area contributed by atoms with E-state index >= 15 is 0 Å². The van der Waals surface area contributed by atoms with Crippen LogP contribution in [0.15, 0.2) is 30.9 Å². The Morgan fingerprint density at radius 1 is 1.44 bits per heavy atom. The van der Waals surface area contributed by atoms with Crippen LogP contribution in [-0.4, -0.2) is 26.0 Å². The zero-order valence-corrected chi connectivity index (χ0v) is 9.91. The fourth-order valence-corrected chi connectivity index (χ4v) is 1.54. The van der Waals surface area contributed by atoms with E-state index in [4.69, 9.17) is 0 Å². The van der Waals surface area contributed by atoms with Crippen LogP contribution in [-0.2, 0) is 6.54 Å². The van der Waals surface area contributed by atoms with Crippen molar-refractivity contribution in [2.45, 2.75) is 13.5 Å². The molecule has 18 heavy (non-hydrogen) atoms. The van der Waals surface area contributed by atoms with Crippen LogP contribution in [0.4, 0.5) is 11.6 Å². The Balaban J connectivity index is 2.06. The molecule has 94 valence electrons. The maximum atomic E-state index is 10.5. The predicted octanol–water partition coefficient (Wildman–Crippen LogP) is 1.67. The summed E-state index contributed by atoms with van der Waals surface area (Å²) >= 11 is 0. The van der Waals surface area contributed by atoms with E-state index in [1.807, 2.05) is 19.1 Å². The van der Waals surface area contributed by atoms with Gasteiger partial charge in [0.25, 0.3) is 0 Å². The van der Waals surface area contributed by atoms with Crippen molar-refractivity contribution < 1.29 is 4.92 Å². The second kappa shape index (κ2) is 5.26. The molecule has 7 heteroatoms. The Hall–Kier alpha value is -2.44. The molecule has 0 bridgehead atoms. The summed E-state index contributed by atoms with van der Waals surface area (Å²) in [6.45, 7) is 3.33. The van der Waals surface area contributed by atoms with Gasteiger partial charge in [0.2, 0.25) is 6.33 Å². The lowest BCUT2D eigenvalue weighted by Crippen LogP contribution is -2.01. The van der Waals surface area contributed by atoms with Gasteiger partial charge in [-0.15, -0.1) is 0 Å². The fourth-order valence-electron chi connectivity index (χ4n) is 1.54. The molecule has 0 spiro atoms. The van der Waals surface area contributed by atoms with Gasteiger partial charge >= 0.3 is 5.82 Å². The molecule has 0 unspecified atom stereocenters. The van der Waals surface area contributed by atoms with Gasteiger partial charge in [0.15, 0.2) is 0 Å². The zero-order valence-electron chi connectivity index (χ0n) is 9.91. The number of imidazole rings is 1. The lowest BCUT2D eigenvalue weighted by molar-refractivity contribution is -0.389. The molecule has 0 fully saturated rings. The summed E-state index contributed by atoms with van der Waals surface area (Å²) in [5.74, 6) is 0.671. The van der Waals surface area contributed by atoms with Crippen LogP contribution < -0.4 is 5.32 Å². The number of pyridine rings is 1. The number of nitrogens with zero attached hydrogens (tertiary/aromatic N) is 4. The number of nitrogens with one attached hydrogen (secondary N) is 1. The molecule has 0 saturated carbocycles. The van der Waals surface area contributed by atoms with Crippen LogP contribution in [0, 0.1) is 10.1 Å². The number of aromatic nitrogens is 3. The molecule has 0 atom stereocenters. The number of nitro groups is 1. The van der Waals surface area contributed by atoms with Gasteiger partial charge in [-0.2, -0.15) is 0 Å². The van der Waals surface area contributed by atoms with E-state index in [0.29, 0.717) is 6.54 Å². The van der Waals surface area contributed by atoms with E-state index in [1.165, 1.54) is 12.5 Å². The summed E-state index contributed by atoms with van der Waals surface area (Å²) < 4.78 is 1.65. The van der Waals surface area contributed by atoms with Crippen LogP contribution in [0.3, 0.4) is 0 Å². The van der Waals surface area contributed by atoms with Gasteiger partial charge in [-0.05, 0) is 28.5 Å². The quantitative estimate of drug-likeness (QED) is 0.641. The Kier molecular flexibility index (Phi) is 3.52. The molecule has 0 aliphatic heterocycles. The first-order chi connectivity index (χ1) is 8.69. The molecule has 0 radical (unpaired) electrons. The first-order valence-corrected chi connectivity index (χ1v) is 5.54. The van der Waals surface area contributed by atoms with E-state index in [1.54, 1.807) is 10.8 Å². The minimum absolute atomic E-state index is 0.146. The highest BCUT2D eigenvalue weighted by Crippen LogP contribution is 2.10. The molecule has 0 amide bonds. The Labute approximate surface area is 104 Å². The summed E-state index contributed by atoms with van der Waals surface area (Å²) in [6, 6.07) is 3.81. The number of hydrogen-bond donors (Lipinski definition) is 1. The maximum absolute atomic E-state index is 10.5. The van der Waals surface area contributed by atoms with E-state index in [2.05, 4.69) is 15.3 Å². The topological polar surface area (TPSA) is 85.9 Å². The van der Waals surface area contributed by atoms with Gasteiger partial charge < -0.3 is 20.0 Å². The summed E-state index contributed by atoms with van der Waals surface area (Å²) in [4.78, 5) is 17.9. The fraction of sp³-hybridized carbons (Fsp3) is 0.273. The van der Waals surface area contributed by atoms with E-state index in [-0.39, 0.29) is 5.82 Å². The molecule has 7 nitrogen and oxygen atoms in total. The molecule has 0 aliphatic rings. The molecule has 2 heterocycles. The Morgan fingerprint density at radius 2 is 2.28 bits per heavy atom. The first-order valence-electron chi connectivity index (χ1n) is 5.54. The smallest absolute Gasteiger partial charge is 0.370 e. The van der Waals surface area contributed by atoms with Crippen molar-refractivity contribution in [1.29, 1.82) is 0 Å². The van der Waals surface area contributed by atoms with Gasteiger partial charge in [0.05, 0.1) is 6.54 Å². The second-order valence-corrected chi connectivity index (χ2v) is 3.74. The van der Waals surface area contributed by atoms with Crippen LogP contribution in [0.25, 0.3) is 0 Å². The predicted molar refractivity (Wildman–Crippen MR) is 66.4 cm³/mol. The van der Waals surface area contributed by atoms with Crippen molar-refractivity contribution in [2.75, 3.05) is 11.9 Å². The average Bonchev–Trinajstić information content (AvgIpc) is 2.81. The maximum Gasteiger partial charge on any atom is 0.381 e. The highest BCUT2D eigenvalue weighted by Gasteiger charge is 2.09. The number of hydrogen-bond acceptors (Lipinski definition) is 5. The molecule has 0 aliphatic carbocycles. The van der Waals surface area contributed by atoms with Crippen LogP contribution in [0.1, 0.15) is 12.5 Å². The summed E-state index contributed by atoms with van der Waals surface area (Å²) in [5.41, 5.74) is 0.962. The van der Waals surface area contributed by atoms with Crippen LogP contribution in [0.5, 0.6) is 0 Å². The van der Waals surface area contributed by atoms with E-state index in [0.717, 1.165) is 17.9 Å². The monoisotopic (exact) mass is 247 g/mol. The van der Waals surface area contributed by atoms with Crippen molar-refractivity contribution in [3.8, 4) is 0 Å². The van der Waals surface area contributed by atoms with Crippen LogP contribution in [0.2, 0.25) is 0 Å². The normalized spacial score (nSPS) is 10.3. The molecule has 0 aromatic carbocycles. The molecule has 2 aromatic rings. The third-order valence-electron chi connectivity index (χ3n) is 2.35. The van der Waals surface area contributed by atoms with Gasteiger partial charge in [-0.25, -0.2) is 4.98 Å². The standard InChI is InChI=1S/C11H13N5O2/c1-2-12-10-4-3-9(5-13-10)6-15-7-11(14-8-15)16(17)18/h3-5,7-8H,2,6H2,1H3,(H,12,13). The van der Waals surface area contributed by atoms with Gasteiger partial charge in [-0.3, -0.25) is 0 Å². The molecule has 0 saturated heterocycles. The first kappa shape index (κ1) is 12.0. The summed E-state index contributed by atoms with van der Waals surface area (Å²) in [7, 11) is 0. The third kappa shape index (κ3) is 2.82. The van der Waals surface area contributed by atoms with Crippen molar-refractivity contribution in [2.24, 2.45) is 0 Å². The highest BCUT2D eigenvalue weighted by molar-refractivity contribution is 5.35. The largest absolute Gasteiger partial charge is 0.381 e. The minimum Gasteiger partial charge on any atom is -0.370 e. The Morgan fingerprint density at radius 3 is 2.83 bits per heavy atom. The lowest BCUT2D eigenvalue weighted by Gasteiger charge is -2.04. The second-order valence-electron chi connectivity index (χ2n) is 3.74. The minimum atomic E-state index is -0.511. The van der Waals surface area contributed by atoms with Crippen molar-refractivity contribution in [3.05, 3.63) is 46.5 Å². The molecule has 2 aromatic heterocycles. The van der Waals surface area contributed by atoms with Crippen LogP contribution >= 0.6 is 0 Å². The molecular formula is C11H13N5O2. The lowest BCUT2D eigenvalue weighted by atomic mass is 10.3. The number of rotatable bonds is 5. The number of anilines is 1. The van der Waals surface area contributed by atoms with Crippen molar-refractivity contribution in [1.82, 2.24) is 14.5 Å². The summed E-state index contributed by atoms with van der Waals surface area (Å²) in [6.07, 6.45) is 4.58. The molecule has 2 rings (SSSR count). The molecule has 1 N–H and O–H groups in total. The van der Waals surface area contributed by atoms with Crippen molar-refractivity contribution >= 4 is 11.6 Å². The van der Waals surface area contributed by atoms with E-state index in [9.17, 15) is 10.1 Å².